The fourth-order valence-corrected chi connectivity index (χ4v) is 4.39. The second-order valence-corrected chi connectivity index (χ2v) is 9.35. The standard InChI is InChI=1S/C33H30N4O3/c1-2-19-40-22-37-31-21-26(15-17-28(31)30(36-37)18-16-23-9-6-7-14-29(23)34)32(38)25-12-8-13-27(20-25)35-33(39)24-10-4-3-5-11-24/h3-18,20-21H,2,19,22,34H2,1H3,(H,35,39)/b18-16+. The maximum Gasteiger partial charge on any atom is 0.255 e. The Morgan fingerprint density at radius 1 is 0.875 bits per heavy atom. The van der Waals surface area contributed by atoms with E-state index in [1.807, 2.05) is 61.5 Å². The maximum atomic E-state index is 13.5. The van der Waals surface area contributed by atoms with Crippen LogP contribution in [-0.2, 0) is 11.5 Å². The van der Waals surface area contributed by atoms with E-state index >= 15 is 0 Å². The summed E-state index contributed by atoms with van der Waals surface area (Å²) in [6.45, 7) is 2.92. The molecule has 5 rings (SSSR count). The van der Waals surface area contributed by atoms with Crippen LogP contribution in [0.1, 0.15) is 50.9 Å². The highest BCUT2D eigenvalue weighted by Gasteiger charge is 2.16. The van der Waals surface area contributed by atoms with Crippen molar-refractivity contribution in [3.05, 3.63) is 125 Å². The third-order valence-electron chi connectivity index (χ3n) is 6.44. The van der Waals surface area contributed by atoms with Gasteiger partial charge < -0.3 is 15.8 Å². The fraction of sp³-hybridized carbons (Fsp3) is 0.121. The Morgan fingerprint density at radius 2 is 1.62 bits per heavy atom. The minimum Gasteiger partial charge on any atom is -0.398 e. The van der Waals surface area contributed by atoms with Crippen LogP contribution in [0.3, 0.4) is 0 Å². The van der Waals surface area contributed by atoms with Crippen LogP contribution in [0.15, 0.2) is 97.1 Å². The van der Waals surface area contributed by atoms with Crippen LogP contribution in [0.4, 0.5) is 11.4 Å². The molecule has 0 atom stereocenters. The summed E-state index contributed by atoms with van der Waals surface area (Å²) in [5.74, 6) is -0.394. The largest absolute Gasteiger partial charge is 0.398 e. The Kier molecular flexibility index (Phi) is 8.13. The summed E-state index contributed by atoms with van der Waals surface area (Å²) < 4.78 is 7.55. The first-order valence-corrected chi connectivity index (χ1v) is 13.2. The zero-order valence-electron chi connectivity index (χ0n) is 22.2. The number of benzene rings is 4. The number of nitrogens with one attached hydrogen (secondary N) is 1. The Hall–Kier alpha value is -5.01. The van der Waals surface area contributed by atoms with Gasteiger partial charge in [-0.05, 0) is 60.5 Å². The summed E-state index contributed by atoms with van der Waals surface area (Å²) in [5, 5.41) is 8.52. The molecule has 7 heteroatoms. The Balaban J connectivity index is 1.44. The van der Waals surface area contributed by atoms with Gasteiger partial charge in [0.15, 0.2) is 5.78 Å². The van der Waals surface area contributed by atoms with Crippen molar-refractivity contribution in [2.75, 3.05) is 17.7 Å². The highest BCUT2D eigenvalue weighted by atomic mass is 16.5. The summed E-state index contributed by atoms with van der Waals surface area (Å²) >= 11 is 0. The highest BCUT2D eigenvalue weighted by Crippen LogP contribution is 2.25. The van der Waals surface area contributed by atoms with E-state index in [1.165, 1.54) is 0 Å². The molecule has 1 aromatic heterocycles. The van der Waals surface area contributed by atoms with Gasteiger partial charge in [0.2, 0.25) is 0 Å². The third kappa shape index (κ3) is 6.00. The number of para-hydroxylation sites is 1. The maximum absolute atomic E-state index is 13.5. The Bertz CT molecular complexity index is 1690. The van der Waals surface area contributed by atoms with Gasteiger partial charge in [-0.3, -0.25) is 9.59 Å². The minimum atomic E-state index is -0.236. The molecule has 0 saturated carbocycles. The molecule has 7 nitrogen and oxygen atoms in total. The number of carbonyl (C=O) groups excluding carboxylic acids is 2. The number of aromatic nitrogens is 2. The van der Waals surface area contributed by atoms with Crippen molar-refractivity contribution in [2.45, 2.75) is 20.1 Å². The van der Waals surface area contributed by atoms with E-state index in [-0.39, 0.29) is 18.4 Å². The lowest BCUT2D eigenvalue weighted by atomic mass is 10.0. The smallest absolute Gasteiger partial charge is 0.255 e. The minimum absolute atomic E-state index is 0.158. The monoisotopic (exact) mass is 530 g/mol. The number of nitrogens with two attached hydrogens (primary N) is 1. The lowest BCUT2D eigenvalue weighted by Crippen LogP contribution is -2.12. The number of hydrogen-bond donors (Lipinski definition) is 2. The second kappa shape index (κ2) is 12.2. The number of nitrogens with zero attached hydrogens (tertiary/aromatic N) is 2. The van der Waals surface area contributed by atoms with Gasteiger partial charge in [-0.25, -0.2) is 4.68 Å². The lowest BCUT2D eigenvalue weighted by molar-refractivity contribution is 0.0722. The molecule has 5 aromatic rings. The van der Waals surface area contributed by atoms with Gasteiger partial charge >= 0.3 is 0 Å². The van der Waals surface area contributed by atoms with Gasteiger partial charge in [0, 0.05) is 40.1 Å². The van der Waals surface area contributed by atoms with Crippen LogP contribution in [0.5, 0.6) is 0 Å². The van der Waals surface area contributed by atoms with Crippen molar-refractivity contribution in [1.29, 1.82) is 0 Å². The normalized spacial score (nSPS) is 11.2. The van der Waals surface area contributed by atoms with Crippen LogP contribution in [-0.4, -0.2) is 28.1 Å². The van der Waals surface area contributed by atoms with Crippen LogP contribution in [0, 0.1) is 0 Å². The molecule has 1 amide bonds. The predicted octanol–water partition coefficient (Wildman–Crippen LogP) is 6.66. The van der Waals surface area contributed by atoms with Crippen LogP contribution in [0.25, 0.3) is 23.1 Å². The number of anilines is 2. The van der Waals surface area contributed by atoms with Crippen molar-refractivity contribution < 1.29 is 14.3 Å². The molecule has 0 fully saturated rings. The summed E-state index contributed by atoms with van der Waals surface area (Å²) in [4.78, 5) is 26.1. The average Bonchev–Trinajstić information content (AvgIpc) is 3.33. The van der Waals surface area contributed by atoms with E-state index in [2.05, 4.69) is 5.32 Å². The highest BCUT2D eigenvalue weighted by molar-refractivity contribution is 6.12. The fourth-order valence-electron chi connectivity index (χ4n) is 4.39. The van der Waals surface area contributed by atoms with E-state index in [0.717, 1.165) is 28.6 Å². The van der Waals surface area contributed by atoms with E-state index in [0.29, 0.717) is 34.7 Å². The number of ketones is 1. The van der Waals surface area contributed by atoms with Gasteiger partial charge in [-0.1, -0.05) is 67.6 Å². The number of hydrogen-bond acceptors (Lipinski definition) is 5. The molecule has 40 heavy (non-hydrogen) atoms. The molecule has 0 spiro atoms. The molecule has 0 radical (unpaired) electrons. The van der Waals surface area contributed by atoms with Crippen molar-refractivity contribution in [3.63, 3.8) is 0 Å². The lowest BCUT2D eigenvalue weighted by Gasteiger charge is -2.08. The van der Waals surface area contributed by atoms with Gasteiger partial charge in [0.05, 0.1) is 11.2 Å². The van der Waals surface area contributed by atoms with Gasteiger partial charge in [-0.2, -0.15) is 5.10 Å². The first kappa shape index (κ1) is 26.6. The van der Waals surface area contributed by atoms with E-state index in [9.17, 15) is 9.59 Å². The zero-order chi connectivity index (χ0) is 27.9. The van der Waals surface area contributed by atoms with E-state index in [1.54, 1.807) is 59.3 Å². The van der Waals surface area contributed by atoms with Crippen molar-refractivity contribution in [1.82, 2.24) is 9.78 Å². The zero-order valence-corrected chi connectivity index (χ0v) is 22.2. The van der Waals surface area contributed by atoms with Crippen LogP contribution < -0.4 is 11.1 Å². The molecule has 4 aromatic carbocycles. The SMILES string of the molecule is CCCOCn1nc(/C=C/c2ccccc2N)c2ccc(C(=O)c3cccc(NC(=O)c4ccccc4)c3)cc21. The van der Waals surface area contributed by atoms with Gasteiger partial charge in [0.1, 0.15) is 6.73 Å². The molecule has 0 unspecified atom stereocenters. The van der Waals surface area contributed by atoms with Crippen LogP contribution >= 0.6 is 0 Å². The molecule has 0 bridgehead atoms. The molecule has 3 N–H and O–H groups in total. The van der Waals surface area contributed by atoms with Crippen molar-refractivity contribution in [3.8, 4) is 0 Å². The second-order valence-electron chi connectivity index (χ2n) is 9.35. The van der Waals surface area contributed by atoms with Crippen LogP contribution in [0.2, 0.25) is 0 Å². The Morgan fingerprint density at radius 3 is 2.42 bits per heavy atom. The quantitative estimate of drug-likeness (QED) is 0.120. The van der Waals surface area contributed by atoms with Gasteiger partial charge in [-0.15, -0.1) is 0 Å². The van der Waals surface area contributed by atoms with Gasteiger partial charge in [0.25, 0.3) is 5.91 Å². The summed E-state index contributed by atoms with van der Waals surface area (Å²) in [7, 11) is 0. The molecule has 1 heterocycles. The number of amides is 1. The number of rotatable bonds is 10. The Labute approximate surface area is 232 Å². The number of carbonyl (C=O) groups is 2. The number of nitrogen functional groups attached to an aromatic ring is 1. The first-order valence-electron chi connectivity index (χ1n) is 13.2. The summed E-state index contributed by atoms with van der Waals surface area (Å²) in [6, 6.07) is 29.1. The number of fused-ring (bicyclic) bond motifs is 1. The summed E-state index contributed by atoms with van der Waals surface area (Å²) in [5.41, 5.74) is 11.3. The molecule has 200 valence electrons. The molecule has 0 aliphatic carbocycles. The van der Waals surface area contributed by atoms with Crippen molar-refractivity contribution in [2.24, 2.45) is 0 Å². The molecule has 0 aliphatic rings. The molecular formula is C33H30N4O3. The summed E-state index contributed by atoms with van der Waals surface area (Å²) in [6.07, 6.45) is 4.74. The first-order chi connectivity index (χ1) is 19.5. The van der Waals surface area contributed by atoms with E-state index in [4.69, 9.17) is 15.6 Å². The van der Waals surface area contributed by atoms with Crippen molar-refractivity contribution >= 4 is 46.1 Å². The topological polar surface area (TPSA) is 99.2 Å². The molecule has 0 aliphatic heterocycles. The molecular weight excluding hydrogens is 500 g/mol. The third-order valence-corrected chi connectivity index (χ3v) is 6.44. The number of ether oxygens (including phenoxy) is 1. The average molecular weight is 531 g/mol. The molecule has 0 saturated heterocycles. The van der Waals surface area contributed by atoms with E-state index < -0.39 is 0 Å². The predicted molar refractivity (Wildman–Crippen MR) is 160 cm³/mol.